The van der Waals surface area contributed by atoms with E-state index in [0.29, 0.717) is 11.5 Å². The number of nitro groups is 1. The van der Waals surface area contributed by atoms with Gasteiger partial charge in [-0.3, -0.25) is 19.6 Å². The lowest BCUT2D eigenvalue weighted by molar-refractivity contribution is -0.384. The smallest absolute Gasteiger partial charge is 0.294 e. The highest BCUT2D eigenvalue weighted by molar-refractivity contribution is 6.04. The van der Waals surface area contributed by atoms with Crippen molar-refractivity contribution in [2.24, 2.45) is 7.05 Å². The molecule has 0 fully saturated rings. The summed E-state index contributed by atoms with van der Waals surface area (Å²) in [5.74, 6) is -0.0946. The number of imidazole rings is 1. The van der Waals surface area contributed by atoms with Crippen molar-refractivity contribution in [2.45, 2.75) is 0 Å². The van der Waals surface area contributed by atoms with Gasteiger partial charge >= 0.3 is 0 Å². The third-order valence-corrected chi connectivity index (χ3v) is 3.17. The van der Waals surface area contributed by atoms with E-state index in [1.54, 1.807) is 30.2 Å². The molecule has 9 heteroatoms. The Hall–Kier alpha value is -3.49. The topological polar surface area (TPSA) is 108 Å². The number of nitrogens with one attached hydrogen (secondary N) is 1. The number of benzene rings is 1. The summed E-state index contributed by atoms with van der Waals surface area (Å²) in [6, 6.07) is 5.88. The van der Waals surface area contributed by atoms with E-state index in [2.05, 4.69) is 15.4 Å². The molecule has 0 aliphatic carbocycles. The molecule has 0 atom stereocenters. The van der Waals surface area contributed by atoms with E-state index < -0.39 is 10.8 Å². The van der Waals surface area contributed by atoms with Gasteiger partial charge in [0.2, 0.25) is 0 Å². The molecule has 0 spiro atoms. The molecule has 9 nitrogen and oxygen atoms in total. The lowest BCUT2D eigenvalue weighted by atomic mass is 10.1. The predicted molar refractivity (Wildman–Crippen MR) is 81.4 cm³/mol. The first-order chi connectivity index (χ1) is 11.0. The monoisotopic (exact) mass is 312 g/mol. The number of hydrogen-bond donors (Lipinski definition) is 1. The molecule has 0 saturated heterocycles. The highest BCUT2D eigenvalue weighted by Gasteiger charge is 2.19. The zero-order valence-corrected chi connectivity index (χ0v) is 12.1. The number of aryl methyl sites for hydroxylation is 1. The van der Waals surface area contributed by atoms with Crippen LogP contribution in [0.15, 0.2) is 49.2 Å². The summed E-state index contributed by atoms with van der Waals surface area (Å²) in [6.07, 6.45) is 6.25. The van der Waals surface area contributed by atoms with Crippen molar-refractivity contribution in [3.63, 3.8) is 0 Å². The van der Waals surface area contributed by atoms with Crippen LogP contribution >= 0.6 is 0 Å². The third-order valence-electron chi connectivity index (χ3n) is 3.17. The van der Waals surface area contributed by atoms with Gasteiger partial charge in [-0.25, -0.2) is 4.98 Å². The Morgan fingerprint density at radius 2 is 2.13 bits per heavy atom. The van der Waals surface area contributed by atoms with Crippen LogP contribution in [0.1, 0.15) is 10.4 Å². The maximum Gasteiger partial charge on any atom is 0.294 e. The fourth-order valence-corrected chi connectivity index (χ4v) is 2.10. The largest absolute Gasteiger partial charge is 0.305 e. The van der Waals surface area contributed by atoms with Crippen molar-refractivity contribution in [1.82, 2.24) is 19.3 Å². The van der Waals surface area contributed by atoms with Gasteiger partial charge in [-0.15, -0.1) is 0 Å². The number of nitrogens with zero attached hydrogens (tertiary/aromatic N) is 5. The van der Waals surface area contributed by atoms with E-state index in [0.717, 1.165) is 0 Å². The number of aromatic nitrogens is 4. The molecule has 2 heterocycles. The number of nitro benzene ring substituents is 1. The second-order valence-corrected chi connectivity index (χ2v) is 4.76. The van der Waals surface area contributed by atoms with E-state index in [4.69, 9.17) is 0 Å². The Morgan fingerprint density at radius 3 is 2.74 bits per heavy atom. The van der Waals surface area contributed by atoms with Crippen molar-refractivity contribution < 1.29 is 9.72 Å². The molecule has 3 rings (SSSR count). The molecule has 1 aromatic carbocycles. The van der Waals surface area contributed by atoms with Crippen LogP contribution in [0.2, 0.25) is 0 Å². The van der Waals surface area contributed by atoms with E-state index in [1.165, 1.54) is 35.3 Å². The highest BCUT2D eigenvalue weighted by atomic mass is 16.6. The molecular weight excluding hydrogens is 300 g/mol. The predicted octanol–water partition coefficient (Wildman–Crippen LogP) is 1.77. The first-order valence-electron chi connectivity index (χ1n) is 6.62. The fourth-order valence-electron chi connectivity index (χ4n) is 2.10. The standard InChI is InChI=1S/C14H12N6O3/c1-18-6-4-13(17-18)16-14(21)10-2-3-11(12(8-10)20(22)23)19-7-5-15-9-19/h2-9H,1H3,(H,16,17,21). The van der Waals surface area contributed by atoms with Crippen LogP contribution in [0.3, 0.4) is 0 Å². The molecule has 0 bridgehead atoms. The summed E-state index contributed by atoms with van der Waals surface area (Å²) in [5, 5.41) is 17.9. The number of hydrogen-bond acceptors (Lipinski definition) is 5. The van der Waals surface area contributed by atoms with Crippen molar-refractivity contribution in [3.05, 3.63) is 64.9 Å². The molecule has 2 aromatic heterocycles. The van der Waals surface area contributed by atoms with Gasteiger partial charge in [0.25, 0.3) is 11.6 Å². The molecule has 0 aliphatic heterocycles. The minimum Gasteiger partial charge on any atom is -0.305 e. The van der Waals surface area contributed by atoms with Gasteiger partial charge in [0, 0.05) is 43.3 Å². The van der Waals surface area contributed by atoms with Crippen LogP contribution in [0.25, 0.3) is 5.69 Å². The minimum atomic E-state index is -0.535. The first-order valence-corrected chi connectivity index (χ1v) is 6.62. The zero-order valence-electron chi connectivity index (χ0n) is 12.1. The van der Waals surface area contributed by atoms with Crippen LogP contribution in [0.4, 0.5) is 11.5 Å². The van der Waals surface area contributed by atoms with Gasteiger partial charge < -0.3 is 9.88 Å². The molecular formula is C14H12N6O3. The summed E-state index contributed by atoms with van der Waals surface area (Å²) in [4.78, 5) is 26.8. The van der Waals surface area contributed by atoms with Crippen LogP contribution in [0.5, 0.6) is 0 Å². The normalized spacial score (nSPS) is 10.5. The molecule has 0 saturated carbocycles. The molecule has 3 aromatic rings. The Morgan fingerprint density at radius 1 is 1.30 bits per heavy atom. The van der Waals surface area contributed by atoms with Crippen molar-refractivity contribution in [2.75, 3.05) is 5.32 Å². The van der Waals surface area contributed by atoms with Crippen LogP contribution < -0.4 is 5.32 Å². The lowest BCUT2D eigenvalue weighted by Gasteiger charge is -2.06. The highest BCUT2D eigenvalue weighted by Crippen LogP contribution is 2.24. The van der Waals surface area contributed by atoms with E-state index in [-0.39, 0.29) is 11.3 Å². The average molecular weight is 312 g/mol. The molecule has 116 valence electrons. The molecule has 0 aliphatic rings. The summed E-state index contributed by atoms with van der Waals surface area (Å²) < 4.78 is 3.05. The maximum absolute atomic E-state index is 12.2. The van der Waals surface area contributed by atoms with Gasteiger partial charge in [0.1, 0.15) is 5.69 Å². The quantitative estimate of drug-likeness (QED) is 0.583. The van der Waals surface area contributed by atoms with Crippen molar-refractivity contribution in [1.29, 1.82) is 0 Å². The van der Waals surface area contributed by atoms with Crippen LogP contribution in [-0.4, -0.2) is 30.2 Å². The molecule has 1 amide bonds. The van der Waals surface area contributed by atoms with Gasteiger partial charge in [-0.1, -0.05) is 0 Å². The maximum atomic E-state index is 12.2. The fraction of sp³-hybridized carbons (Fsp3) is 0.0714. The number of amides is 1. The number of carbonyl (C=O) groups is 1. The van der Waals surface area contributed by atoms with E-state index >= 15 is 0 Å². The first kappa shape index (κ1) is 14.4. The minimum absolute atomic E-state index is 0.172. The second kappa shape index (κ2) is 5.72. The van der Waals surface area contributed by atoms with Crippen molar-refractivity contribution >= 4 is 17.4 Å². The Bertz CT molecular complexity index is 869. The van der Waals surface area contributed by atoms with Crippen LogP contribution in [-0.2, 0) is 7.05 Å². The number of anilines is 1. The Balaban J connectivity index is 1.93. The molecule has 0 radical (unpaired) electrons. The summed E-state index contributed by atoms with van der Waals surface area (Å²) in [6.45, 7) is 0. The Labute approximate surface area is 130 Å². The summed E-state index contributed by atoms with van der Waals surface area (Å²) in [5.41, 5.74) is 0.324. The Kier molecular flexibility index (Phi) is 3.59. The molecule has 1 N–H and O–H groups in total. The van der Waals surface area contributed by atoms with Crippen molar-refractivity contribution in [3.8, 4) is 5.69 Å². The van der Waals surface area contributed by atoms with Crippen LogP contribution in [0, 0.1) is 10.1 Å². The zero-order chi connectivity index (χ0) is 16.4. The van der Waals surface area contributed by atoms with E-state index in [1.807, 2.05) is 0 Å². The van der Waals surface area contributed by atoms with Gasteiger partial charge in [0.05, 0.1) is 11.3 Å². The average Bonchev–Trinajstić information content (AvgIpc) is 3.18. The van der Waals surface area contributed by atoms with E-state index in [9.17, 15) is 14.9 Å². The SMILES string of the molecule is Cn1ccc(NC(=O)c2ccc(-n3ccnc3)c([N+](=O)[O-])c2)n1. The van der Waals surface area contributed by atoms with Gasteiger partial charge in [0.15, 0.2) is 5.82 Å². The molecule has 0 unspecified atom stereocenters. The molecule has 23 heavy (non-hydrogen) atoms. The second-order valence-electron chi connectivity index (χ2n) is 4.76. The van der Waals surface area contributed by atoms with Gasteiger partial charge in [-0.05, 0) is 12.1 Å². The number of carbonyl (C=O) groups excluding carboxylic acids is 1. The lowest BCUT2D eigenvalue weighted by Crippen LogP contribution is -2.13. The van der Waals surface area contributed by atoms with Gasteiger partial charge in [-0.2, -0.15) is 5.10 Å². The third kappa shape index (κ3) is 2.93. The summed E-state index contributed by atoms with van der Waals surface area (Å²) in [7, 11) is 1.72. The summed E-state index contributed by atoms with van der Waals surface area (Å²) >= 11 is 0. The number of rotatable bonds is 4.